The Labute approximate surface area is 212 Å². The van der Waals surface area contributed by atoms with Crippen LogP contribution in [0.3, 0.4) is 0 Å². The zero-order chi connectivity index (χ0) is 25.8. The number of nitrogens with one attached hydrogen (secondary N) is 1. The van der Waals surface area contributed by atoms with Crippen molar-refractivity contribution < 1.29 is 17.9 Å². The van der Waals surface area contributed by atoms with E-state index < -0.39 is 15.9 Å². The summed E-state index contributed by atoms with van der Waals surface area (Å²) in [6, 6.07) is 17.6. The average molecular weight is 515 g/mol. The van der Waals surface area contributed by atoms with Gasteiger partial charge in [-0.2, -0.15) is 4.31 Å². The van der Waals surface area contributed by atoms with Crippen LogP contribution in [0.1, 0.15) is 40.8 Å². The Morgan fingerprint density at radius 3 is 2.23 bits per heavy atom. The third-order valence-corrected chi connectivity index (χ3v) is 8.13. The van der Waals surface area contributed by atoms with Gasteiger partial charge in [0.25, 0.3) is 0 Å². The molecule has 3 aromatic carbocycles. The lowest BCUT2D eigenvalue weighted by molar-refractivity contribution is -0.122. The quantitative estimate of drug-likeness (QED) is 0.418. The lowest BCUT2D eigenvalue weighted by Gasteiger charge is -2.25. The van der Waals surface area contributed by atoms with Crippen molar-refractivity contribution in [2.75, 3.05) is 13.7 Å². The molecule has 0 aliphatic heterocycles. The number of halogens is 1. The van der Waals surface area contributed by atoms with Crippen LogP contribution < -0.4 is 10.1 Å². The second kappa shape index (κ2) is 11.2. The minimum Gasteiger partial charge on any atom is -0.496 e. The summed E-state index contributed by atoms with van der Waals surface area (Å²) in [6.45, 7) is 7.00. The monoisotopic (exact) mass is 514 g/mol. The van der Waals surface area contributed by atoms with Gasteiger partial charge in [-0.25, -0.2) is 8.42 Å². The van der Waals surface area contributed by atoms with E-state index in [0.29, 0.717) is 21.9 Å². The lowest BCUT2D eigenvalue weighted by Crippen LogP contribution is -2.41. The molecular formula is C27H31ClN2O4S. The Balaban J connectivity index is 1.93. The standard InChI is InChI=1S/C27H31ClN2O4S/c1-18-14-19(2)27(20(3)15-18)35(32,33)30(16-22-10-12-23(28)13-11-22)17-26(31)29-21(4)24-8-6-7-9-25(24)34-5/h6-15,21H,16-17H2,1-5H3,(H,29,31)/t21-/m0/s1. The fourth-order valence-corrected chi connectivity index (χ4v) is 6.19. The zero-order valence-electron chi connectivity index (χ0n) is 20.6. The van der Waals surface area contributed by atoms with E-state index in [1.165, 1.54) is 4.31 Å². The highest BCUT2D eigenvalue weighted by atomic mass is 35.5. The Bertz CT molecular complexity index is 1280. The molecule has 1 atom stereocenters. The number of benzene rings is 3. The highest BCUT2D eigenvalue weighted by Gasteiger charge is 2.30. The third-order valence-electron chi connectivity index (χ3n) is 5.78. The molecule has 0 heterocycles. The van der Waals surface area contributed by atoms with E-state index in [0.717, 1.165) is 16.7 Å². The number of nitrogens with zero attached hydrogens (tertiary/aromatic N) is 1. The molecule has 3 aromatic rings. The summed E-state index contributed by atoms with van der Waals surface area (Å²) in [5.74, 6) is 0.236. The third kappa shape index (κ3) is 6.42. The summed E-state index contributed by atoms with van der Waals surface area (Å²) >= 11 is 6.01. The van der Waals surface area contributed by atoms with Gasteiger partial charge in [-0.1, -0.05) is 59.6 Å². The van der Waals surface area contributed by atoms with Crippen LogP contribution in [0, 0.1) is 20.8 Å². The van der Waals surface area contributed by atoms with E-state index in [1.807, 2.05) is 50.2 Å². The first kappa shape index (κ1) is 26.7. The highest BCUT2D eigenvalue weighted by molar-refractivity contribution is 7.89. The molecule has 6 nitrogen and oxygen atoms in total. The van der Waals surface area contributed by atoms with Crippen LogP contribution in [0.4, 0.5) is 0 Å². The number of aryl methyl sites for hydroxylation is 3. The number of rotatable bonds is 9. The lowest BCUT2D eigenvalue weighted by atomic mass is 10.1. The average Bonchev–Trinajstić information content (AvgIpc) is 2.79. The number of sulfonamides is 1. The minimum absolute atomic E-state index is 0.0305. The van der Waals surface area contributed by atoms with Crippen molar-refractivity contribution in [3.05, 3.63) is 93.5 Å². The van der Waals surface area contributed by atoms with Crippen LogP contribution in [0.15, 0.2) is 65.6 Å². The second-order valence-electron chi connectivity index (χ2n) is 8.66. The van der Waals surface area contributed by atoms with Crippen LogP contribution in [-0.2, 0) is 21.4 Å². The molecule has 0 fully saturated rings. The molecule has 35 heavy (non-hydrogen) atoms. The molecule has 0 aromatic heterocycles. The smallest absolute Gasteiger partial charge is 0.244 e. The van der Waals surface area contributed by atoms with E-state index in [1.54, 1.807) is 45.2 Å². The summed E-state index contributed by atoms with van der Waals surface area (Å²) in [5, 5.41) is 3.46. The van der Waals surface area contributed by atoms with Crippen molar-refractivity contribution in [3.8, 4) is 5.75 Å². The van der Waals surface area contributed by atoms with Gasteiger partial charge in [0.05, 0.1) is 24.6 Å². The molecule has 1 amide bonds. The Kier molecular flexibility index (Phi) is 8.59. The SMILES string of the molecule is COc1ccccc1[C@H](C)NC(=O)CN(Cc1ccc(Cl)cc1)S(=O)(=O)c1c(C)cc(C)cc1C. The number of ether oxygens (including phenoxy) is 1. The van der Waals surface area contributed by atoms with Crippen LogP contribution in [-0.4, -0.2) is 32.3 Å². The Morgan fingerprint density at radius 2 is 1.63 bits per heavy atom. The number of amides is 1. The maximum Gasteiger partial charge on any atom is 0.244 e. The largest absolute Gasteiger partial charge is 0.496 e. The van der Waals surface area contributed by atoms with Crippen LogP contribution >= 0.6 is 11.6 Å². The van der Waals surface area contributed by atoms with Crippen LogP contribution in [0.2, 0.25) is 5.02 Å². The van der Waals surface area contributed by atoms with Gasteiger partial charge < -0.3 is 10.1 Å². The molecule has 8 heteroatoms. The molecule has 3 rings (SSSR count). The van der Waals surface area contributed by atoms with Crippen molar-refractivity contribution >= 4 is 27.5 Å². The topological polar surface area (TPSA) is 75.7 Å². The molecule has 186 valence electrons. The summed E-state index contributed by atoms with van der Waals surface area (Å²) in [5.41, 5.74) is 3.80. The maximum absolute atomic E-state index is 13.8. The molecule has 0 aliphatic carbocycles. The normalized spacial score (nSPS) is 12.4. The summed E-state index contributed by atoms with van der Waals surface area (Å²) < 4.78 is 34.3. The number of hydrogen-bond donors (Lipinski definition) is 1. The van der Waals surface area contributed by atoms with Gasteiger partial charge in [0.15, 0.2) is 0 Å². The van der Waals surface area contributed by atoms with Gasteiger partial charge in [0.2, 0.25) is 15.9 Å². The Hall–Kier alpha value is -2.87. The van der Waals surface area contributed by atoms with Crippen LogP contribution in [0.25, 0.3) is 0 Å². The molecular weight excluding hydrogens is 484 g/mol. The van der Waals surface area contributed by atoms with Gasteiger partial charge in [-0.05, 0) is 62.6 Å². The molecule has 1 N–H and O–H groups in total. The number of carbonyl (C=O) groups is 1. The van der Waals surface area contributed by atoms with E-state index in [4.69, 9.17) is 16.3 Å². The van der Waals surface area contributed by atoms with Gasteiger partial charge in [-0.15, -0.1) is 0 Å². The first-order valence-electron chi connectivity index (χ1n) is 11.3. The minimum atomic E-state index is -3.98. The first-order chi connectivity index (χ1) is 16.5. The summed E-state index contributed by atoms with van der Waals surface area (Å²) in [4.78, 5) is 13.3. The van der Waals surface area contributed by atoms with Gasteiger partial charge in [0, 0.05) is 17.1 Å². The van der Waals surface area contributed by atoms with E-state index >= 15 is 0 Å². The zero-order valence-corrected chi connectivity index (χ0v) is 22.2. The van der Waals surface area contributed by atoms with Crippen molar-refractivity contribution in [1.29, 1.82) is 0 Å². The predicted octanol–water partition coefficient (Wildman–Crippen LogP) is 5.34. The van der Waals surface area contributed by atoms with Crippen molar-refractivity contribution in [2.24, 2.45) is 0 Å². The summed E-state index contributed by atoms with van der Waals surface area (Å²) in [7, 11) is -2.41. The van der Waals surface area contributed by atoms with E-state index in [2.05, 4.69) is 5.32 Å². The second-order valence-corrected chi connectivity index (χ2v) is 11.0. The van der Waals surface area contributed by atoms with Gasteiger partial charge in [0.1, 0.15) is 5.75 Å². The van der Waals surface area contributed by atoms with Crippen molar-refractivity contribution in [1.82, 2.24) is 9.62 Å². The molecule has 0 saturated carbocycles. The molecule has 0 spiro atoms. The summed E-state index contributed by atoms with van der Waals surface area (Å²) in [6.07, 6.45) is 0. The first-order valence-corrected chi connectivity index (χ1v) is 13.1. The van der Waals surface area contributed by atoms with Gasteiger partial charge >= 0.3 is 0 Å². The van der Waals surface area contributed by atoms with E-state index in [-0.39, 0.29) is 24.0 Å². The van der Waals surface area contributed by atoms with Gasteiger partial charge in [-0.3, -0.25) is 4.79 Å². The predicted molar refractivity (Wildman–Crippen MR) is 139 cm³/mol. The number of para-hydroxylation sites is 1. The fraction of sp³-hybridized carbons (Fsp3) is 0.296. The van der Waals surface area contributed by atoms with Crippen molar-refractivity contribution in [2.45, 2.75) is 45.2 Å². The molecule has 0 aliphatic rings. The molecule has 0 unspecified atom stereocenters. The Morgan fingerprint density at radius 1 is 1.03 bits per heavy atom. The van der Waals surface area contributed by atoms with Crippen LogP contribution in [0.5, 0.6) is 5.75 Å². The number of hydrogen-bond acceptors (Lipinski definition) is 4. The fourth-order valence-electron chi connectivity index (χ4n) is 4.27. The highest BCUT2D eigenvalue weighted by Crippen LogP contribution is 2.28. The number of carbonyl (C=O) groups excluding carboxylic acids is 1. The number of methoxy groups -OCH3 is 1. The van der Waals surface area contributed by atoms with Crippen molar-refractivity contribution in [3.63, 3.8) is 0 Å². The molecule has 0 saturated heterocycles. The molecule has 0 radical (unpaired) electrons. The maximum atomic E-state index is 13.8. The molecule has 0 bridgehead atoms. The van der Waals surface area contributed by atoms with E-state index in [9.17, 15) is 13.2 Å².